The summed E-state index contributed by atoms with van der Waals surface area (Å²) in [7, 11) is 0. The first-order chi connectivity index (χ1) is 9.40. The van der Waals surface area contributed by atoms with Gasteiger partial charge in [0.2, 0.25) is 5.95 Å². The fourth-order valence-electron chi connectivity index (χ4n) is 2.23. The second-order valence-corrected chi connectivity index (χ2v) is 5.52. The Labute approximate surface area is 115 Å². The number of aliphatic hydroxyl groups is 2. The number of nitrogens with zero attached hydrogens (tertiary/aromatic N) is 2. The predicted molar refractivity (Wildman–Crippen MR) is 70.5 cm³/mol. The summed E-state index contributed by atoms with van der Waals surface area (Å²) in [5.41, 5.74) is 4.96. The zero-order chi connectivity index (χ0) is 14.6. The van der Waals surface area contributed by atoms with Crippen molar-refractivity contribution in [2.75, 3.05) is 5.73 Å². The number of H-pyrrole nitrogens is 1. The molecule has 0 amide bonds. The van der Waals surface area contributed by atoms with Crippen molar-refractivity contribution in [2.45, 2.75) is 31.5 Å². The summed E-state index contributed by atoms with van der Waals surface area (Å²) < 4.78 is 6.56. The maximum Gasteiger partial charge on any atom is 0.311 e. The summed E-state index contributed by atoms with van der Waals surface area (Å²) in [5.74, 6) is -0.143. The number of aromatic amines is 1. The molecule has 1 aliphatic rings. The van der Waals surface area contributed by atoms with E-state index >= 15 is 0 Å². The lowest BCUT2D eigenvalue weighted by Gasteiger charge is -2.16. The van der Waals surface area contributed by atoms with E-state index in [1.165, 1.54) is 0 Å². The van der Waals surface area contributed by atoms with Crippen molar-refractivity contribution in [3.8, 4) is 0 Å². The molecule has 2 aromatic heterocycles. The van der Waals surface area contributed by atoms with Crippen molar-refractivity contribution in [1.29, 1.82) is 0 Å². The van der Waals surface area contributed by atoms with Crippen molar-refractivity contribution < 1.29 is 14.9 Å². The van der Waals surface area contributed by atoms with Crippen LogP contribution in [0, 0.1) is 0 Å². The van der Waals surface area contributed by atoms with Gasteiger partial charge in [-0.05, 0) is 6.92 Å². The molecule has 0 saturated carbocycles. The second kappa shape index (κ2) is 4.38. The van der Waals surface area contributed by atoms with Gasteiger partial charge in [-0.3, -0.25) is 14.2 Å². The first-order valence-electron chi connectivity index (χ1n) is 5.82. The predicted octanol–water partition coefficient (Wildman–Crippen LogP) is -1.63. The molecule has 10 heteroatoms. The number of aromatic nitrogens is 3. The molecule has 0 aliphatic carbocycles. The van der Waals surface area contributed by atoms with E-state index in [1.807, 2.05) is 0 Å². The average Bonchev–Trinajstić information content (AvgIpc) is 2.82. The fraction of sp³-hybridized carbons (Fsp3) is 0.500. The minimum Gasteiger partial charge on any atom is -0.388 e. The minimum absolute atomic E-state index is 0.0917. The maximum atomic E-state index is 12.0. The molecule has 0 aromatic carbocycles. The van der Waals surface area contributed by atoms with E-state index in [9.17, 15) is 19.8 Å². The van der Waals surface area contributed by atoms with Gasteiger partial charge >= 0.3 is 4.87 Å². The number of hydrogen-bond acceptors (Lipinski definition) is 8. The highest BCUT2D eigenvalue weighted by Gasteiger charge is 2.42. The molecule has 3 heterocycles. The highest BCUT2D eigenvalue weighted by Crippen LogP contribution is 2.30. The van der Waals surface area contributed by atoms with E-state index < -0.39 is 35.0 Å². The van der Waals surface area contributed by atoms with Crippen LogP contribution in [0.1, 0.15) is 13.2 Å². The van der Waals surface area contributed by atoms with Crippen LogP contribution in [0.3, 0.4) is 0 Å². The number of aliphatic hydroxyl groups excluding tert-OH is 2. The van der Waals surface area contributed by atoms with Gasteiger partial charge in [-0.15, -0.1) is 0 Å². The van der Waals surface area contributed by atoms with Crippen LogP contribution >= 0.6 is 11.3 Å². The standard InChI is InChI=1S/C10H12N4O5S/c1-2-3(15)4(16)8(19-2)14-6-5(20-10(14)18)7(17)13-9(11)12-6/h2-4,8,15-16H,1H3,(H3,11,12,13,17)/t2?,3-,4-,8?/m1/s1. The number of nitrogen functional groups attached to an aromatic ring is 1. The summed E-state index contributed by atoms with van der Waals surface area (Å²) in [6.07, 6.45) is -4.12. The number of thiazole rings is 1. The number of nitrogens with two attached hydrogens (primary N) is 1. The van der Waals surface area contributed by atoms with Crippen molar-refractivity contribution >= 4 is 27.6 Å². The Bertz CT molecular complexity index is 780. The van der Waals surface area contributed by atoms with Crippen LogP contribution in [0.25, 0.3) is 10.3 Å². The topological polar surface area (TPSA) is 143 Å². The number of ether oxygens (including phenoxy) is 1. The third kappa shape index (κ3) is 1.77. The van der Waals surface area contributed by atoms with Crippen molar-refractivity contribution in [2.24, 2.45) is 0 Å². The molecule has 2 unspecified atom stereocenters. The monoisotopic (exact) mass is 300 g/mol. The SMILES string of the molecule is CC1OC(n2c(=O)sc3c(=O)nc(N)[nH]c32)[C@H](O)[C@@H]1O. The molecule has 1 aliphatic heterocycles. The van der Waals surface area contributed by atoms with E-state index in [0.717, 1.165) is 4.57 Å². The molecule has 9 nitrogen and oxygen atoms in total. The Kier molecular flexibility index (Phi) is 2.90. The second-order valence-electron chi connectivity index (χ2n) is 4.56. The highest BCUT2D eigenvalue weighted by molar-refractivity contribution is 7.16. The van der Waals surface area contributed by atoms with Gasteiger partial charge in [0.15, 0.2) is 6.23 Å². The molecule has 5 N–H and O–H groups in total. The van der Waals surface area contributed by atoms with E-state index in [0.29, 0.717) is 11.3 Å². The first-order valence-corrected chi connectivity index (χ1v) is 6.64. The summed E-state index contributed by atoms with van der Waals surface area (Å²) >= 11 is 0.678. The normalized spacial score (nSPS) is 30.1. The molecule has 0 bridgehead atoms. The zero-order valence-electron chi connectivity index (χ0n) is 10.3. The van der Waals surface area contributed by atoms with Gasteiger partial charge in [-0.1, -0.05) is 11.3 Å². The molecule has 0 radical (unpaired) electrons. The van der Waals surface area contributed by atoms with Crippen LogP contribution in [-0.2, 0) is 4.74 Å². The summed E-state index contributed by atoms with van der Waals surface area (Å²) in [5, 5.41) is 19.7. The molecule has 20 heavy (non-hydrogen) atoms. The highest BCUT2D eigenvalue weighted by atomic mass is 32.1. The lowest BCUT2D eigenvalue weighted by atomic mass is 10.1. The molecule has 3 rings (SSSR count). The van der Waals surface area contributed by atoms with Gasteiger partial charge < -0.3 is 25.7 Å². The third-order valence-electron chi connectivity index (χ3n) is 3.24. The van der Waals surface area contributed by atoms with Crippen LogP contribution in [-0.4, -0.2) is 43.1 Å². The average molecular weight is 300 g/mol. The largest absolute Gasteiger partial charge is 0.388 e. The van der Waals surface area contributed by atoms with Gasteiger partial charge in [0.05, 0.1) is 6.10 Å². The molecule has 0 spiro atoms. The van der Waals surface area contributed by atoms with E-state index in [1.54, 1.807) is 6.92 Å². The first kappa shape index (κ1) is 13.2. The summed E-state index contributed by atoms with van der Waals surface area (Å²) in [6, 6.07) is 0. The van der Waals surface area contributed by atoms with Crippen molar-refractivity contribution in [3.63, 3.8) is 0 Å². The fourth-order valence-corrected chi connectivity index (χ4v) is 3.08. The van der Waals surface area contributed by atoms with Crippen LogP contribution in [0.5, 0.6) is 0 Å². The van der Waals surface area contributed by atoms with Gasteiger partial charge in [0.1, 0.15) is 22.6 Å². The molecule has 108 valence electrons. The Hall–Kier alpha value is -1.75. The number of rotatable bonds is 1. The Balaban J connectivity index is 2.25. The van der Waals surface area contributed by atoms with Crippen molar-refractivity contribution in [1.82, 2.24) is 14.5 Å². The quantitative estimate of drug-likeness (QED) is 0.495. The number of hydrogen-bond donors (Lipinski definition) is 4. The van der Waals surface area contributed by atoms with Crippen LogP contribution in [0.15, 0.2) is 9.59 Å². The van der Waals surface area contributed by atoms with Gasteiger partial charge in [-0.25, -0.2) is 0 Å². The third-order valence-corrected chi connectivity index (χ3v) is 4.18. The number of nitrogens with one attached hydrogen (secondary N) is 1. The molecule has 4 atom stereocenters. The molecule has 1 fully saturated rings. The van der Waals surface area contributed by atoms with Crippen LogP contribution in [0.2, 0.25) is 0 Å². The van der Waals surface area contributed by atoms with Crippen molar-refractivity contribution in [3.05, 3.63) is 20.0 Å². The number of fused-ring (bicyclic) bond motifs is 1. The van der Waals surface area contributed by atoms with Gasteiger partial charge in [0.25, 0.3) is 5.56 Å². The minimum atomic E-state index is -1.28. The summed E-state index contributed by atoms with van der Waals surface area (Å²) in [6.45, 7) is 1.58. The number of anilines is 1. The van der Waals surface area contributed by atoms with E-state index in [-0.39, 0.29) is 16.3 Å². The van der Waals surface area contributed by atoms with Gasteiger partial charge in [-0.2, -0.15) is 4.98 Å². The smallest absolute Gasteiger partial charge is 0.311 e. The molecule has 1 saturated heterocycles. The van der Waals surface area contributed by atoms with Gasteiger partial charge in [0, 0.05) is 0 Å². The molecular formula is C10H12N4O5S. The lowest BCUT2D eigenvalue weighted by molar-refractivity contribution is -0.0309. The molecular weight excluding hydrogens is 288 g/mol. The lowest BCUT2D eigenvalue weighted by Crippen LogP contribution is -2.33. The van der Waals surface area contributed by atoms with E-state index in [2.05, 4.69) is 9.97 Å². The van der Waals surface area contributed by atoms with Crippen LogP contribution in [0.4, 0.5) is 5.95 Å². The Morgan fingerprint density at radius 2 is 2.10 bits per heavy atom. The van der Waals surface area contributed by atoms with E-state index in [4.69, 9.17) is 10.5 Å². The Morgan fingerprint density at radius 1 is 1.40 bits per heavy atom. The Morgan fingerprint density at radius 3 is 2.70 bits per heavy atom. The molecule has 2 aromatic rings. The maximum absolute atomic E-state index is 12.0. The zero-order valence-corrected chi connectivity index (χ0v) is 11.1. The van der Waals surface area contributed by atoms with Crippen LogP contribution < -0.4 is 16.2 Å². The summed E-state index contributed by atoms with van der Waals surface area (Å²) in [4.78, 5) is 29.3.